The Hall–Kier alpha value is -3.39. The number of anilines is 1. The van der Waals surface area contributed by atoms with Gasteiger partial charge in [0.15, 0.2) is 0 Å². The van der Waals surface area contributed by atoms with Gasteiger partial charge < -0.3 is 10.1 Å². The molecule has 0 aliphatic heterocycles. The molecule has 0 atom stereocenters. The monoisotopic (exact) mass is 414 g/mol. The molecule has 0 fully saturated rings. The molecule has 0 spiro atoms. The van der Waals surface area contributed by atoms with E-state index >= 15 is 0 Å². The highest BCUT2D eigenvalue weighted by Crippen LogP contribution is 2.18. The lowest BCUT2D eigenvalue weighted by Gasteiger charge is -2.10. The van der Waals surface area contributed by atoms with Crippen LogP contribution in [0.5, 0.6) is 5.75 Å². The molecule has 3 aromatic rings. The minimum atomic E-state index is -3.93. The number of halogens is 1. The van der Waals surface area contributed by atoms with Gasteiger partial charge in [0.05, 0.1) is 12.0 Å². The Morgan fingerprint density at radius 3 is 2.45 bits per heavy atom. The fourth-order valence-corrected chi connectivity index (χ4v) is 3.71. The minimum absolute atomic E-state index is 0.0733. The molecule has 0 aliphatic carbocycles. The van der Waals surface area contributed by atoms with Crippen molar-refractivity contribution in [3.8, 4) is 5.75 Å². The lowest BCUT2D eigenvalue weighted by Crippen LogP contribution is -2.23. The summed E-state index contributed by atoms with van der Waals surface area (Å²) in [6, 6.07) is 17.9. The highest BCUT2D eigenvalue weighted by Gasteiger charge is 2.16. The quantitative estimate of drug-likeness (QED) is 0.619. The Labute approximate surface area is 168 Å². The topological polar surface area (TPSA) is 84.5 Å². The van der Waals surface area contributed by atoms with Crippen LogP contribution in [0.3, 0.4) is 0 Å². The number of hydrogen-bond acceptors (Lipinski definition) is 4. The van der Waals surface area contributed by atoms with Crippen molar-refractivity contribution in [2.75, 3.05) is 11.8 Å². The summed E-state index contributed by atoms with van der Waals surface area (Å²) in [5, 5.41) is 2.75. The standard InChI is InChI=1S/C21H19FN2O4S/c1-28-19-6-2-4-15(12-19)14-23-21(25)16-5-3-7-20(13-16)29(26,27)24-18-10-8-17(22)9-11-18/h2-13,24H,14H2,1H3,(H,23,25). The van der Waals surface area contributed by atoms with Crippen molar-refractivity contribution in [2.45, 2.75) is 11.4 Å². The molecule has 0 aromatic heterocycles. The maximum atomic E-state index is 13.0. The number of rotatable bonds is 7. The number of sulfonamides is 1. The van der Waals surface area contributed by atoms with E-state index in [2.05, 4.69) is 10.0 Å². The van der Waals surface area contributed by atoms with E-state index in [9.17, 15) is 17.6 Å². The number of ether oxygens (including phenoxy) is 1. The van der Waals surface area contributed by atoms with Crippen molar-refractivity contribution >= 4 is 21.6 Å². The molecule has 8 heteroatoms. The Kier molecular flexibility index (Phi) is 6.13. The first-order valence-corrected chi connectivity index (χ1v) is 10.2. The molecular weight excluding hydrogens is 395 g/mol. The predicted octanol–water partition coefficient (Wildman–Crippen LogP) is 3.57. The maximum Gasteiger partial charge on any atom is 0.261 e. The number of benzene rings is 3. The minimum Gasteiger partial charge on any atom is -0.497 e. The van der Waals surface area contributed by atoms with Gasteiger partial charge in [-0.1, -0.05) is 18.2 Å². The average Bonchev–Trinajstić information content (AvgIpc) is 2.74. The molecule has 2 N–H and O–H groups in total. The van der Waals surface area contributed by atoms with E-state index in [-0.39, 0.29) is 22.7 Å². The molecule has 0 bridgehead atoms. The summed E-state index contributed by atoms with van der Waals surface area (Å²) in [7, 11) is -2.37. The molecule has 3 rings (SSSR count). The van der Waals surface area contributed by atoms with E-state index in [1.807, 2.05) is 12.1 Å². The van der Waals surface area contributed by atoms with E-state index in [0.717, 1.165) is 17.7 Å². The van der Waals surface area contributed by atoms with E-state index in [0.29, 0.717) is 5.75 Å². The molecule has 1 amide bonds. The van der Waals surface area contributed by atoms with Gasteiger partial charge in [0.1, 0.15) is 11.6 Å². The highest BCUT2D eigenvalue weighted by atomic mass is 32.2. The van der Waals surface area contributed by atoms with Gasteiger partial charge in [-0.3, -0.25) is 9.52 Å². The molecular formula is C21H19FN2O4S. The van der Waals surface area contributed by atoms with E-state index in [1.54, 1.807) is 19.2 Å². The van der Waals surface area contributed by atoms with Crippen molar-refractivity contribution in [3.63, 3.8) is 0 Å². The van der Waals surface area contributed by atoms with Gasteiger partial charge >= 0.3 is 0 Å². The zero-order valence-electron chi connectivity index (χ0n) is 15.6. The van der Waals surface area contributed by atoms with Crippen molar-refractivity contribution in [1.29, 1.82) is 0 Å². The van der Waals surface area contributed by atoms with Crippen LogP contribution in [0.15, 0.2) is 77.7 Å². The molecule has 0 unspecified atom stereocenters. The van der Waals surface area contributed by atoms with Crippen LogP contribution in [0.1, 0.15) is 15.9 Å². The van der Waals surface area contributed by atoms with E-state index in [1.165, 1.54) is 36.4 Å². The average molecular weight is 414 g/mol. The van der Waals surface area contributed by atoms with Gasteiger partial charge in [0, 0.05) is 17.8 Å². The number of carbonyl (C=O) groups excluding carboxylic acids is 1. The van der Waals surface area contributed by atoms with Gasteiger partial charge in [-0.15, -0.1) is 0 Å². The molecule has 0 saturated carbocycles. The summed E-state index contributed by atoms with van der Waals surface area (Å²) in [5.74, 6) is -0.203. The zero-order chi connectivity index (χ0) is 20.9. The molecule has 0 saturated heterocycles. The molecule has 0 radical (unpaired) electrons. The summed E-state index contributed by atoms with van der Waals surface area (Å²) < 4.78 is 45.6. The molecule has 29 heavy (non-hydrogen) atoms. The van der Waals surface area contributed by atoms with Gasteiger partial charge in [0.2, 0.25) is 0 Å². The summed E-state index contributed by atoms with van der Waals surface area (Å²) in [6.45, 7) is 0.265. The van der Waals surface area contributed by atoms with Crippen LogP contribution in [0, 0.1) is 5.82 Å². The SMILES string of the molecule is COc1cccc(CNC(=O)c2cccc(S(=O)(=O)Nc3ccc(F)cc3)c2)c1. The fourth-order valence-electron chi connectivity index (χ4n) is 2.60. The van der Waals surface area contributed by atoms with E-state index in [4.69, 9.17) is 4.74 Å². The Morgan fingerprint density at radius 1 is 1.00 bits per heavy atom. The lowest BCUT2D eigenvalue weighted by atomic mass is 10.2. The summed E-state index contributed by atoms with van der Waals surface area (Å²) >= 11 is 0. The van der Waals surface area contributed by atoms with Crippen LogP contribution in [-0.2, 0) is 16.6 Å². The Morgan fingerprint density at radius 2 is 1.72 bits per heavy atom. The van der Waals surface area contributed by atoms with Gasteiger partial charge in [-0.2, -0.15) is 0 Å². The van der Waals surface area contributed by atoms with Crippen LogP contribution in [0.2, 0.25) is 0 Å². The van der Waals surface area contributed by atoms with Gasteiger partial charge in [0.25, 0.3) is 15.9 Å². The molecule has 3 aromatic carbocycles. The third kappa shape index (κ3) is 5.32. The fraction of sp³-hybridized carbons (Fsp3) is 0.0952. The number of methoxy groups -OCH3 is 1. The second kappa shape index (κ2) is 8.74. The van der Waals surface area contributed by atoms with Crippen molar-refractivity contribution < 1.29 is 22.3 Å². The van der Waals surface area contributed by atoms with Gasteiger partial charge in [-0.25, -0.2) is 12.8 Å². The van der Waals surface area contributed by atoms with Crippen molar-refractivity contribution in [1.82, 2.24) is 5.32 Å². The maximum absolute atomic E-state index is 13.0. The normalized spacial score (nSPS) is 11.0. The van der Waals surface area contributed by atoms with Crippen LogP contribution >= 0.6 is 0 Å². The molecule has 0 aliphatic rings. The van der Waals surface area contributed by atoms with Crippen LogP contribution in [-0.4, -0.2) is 21.4 Å². The number of carbonyl (C=O) groups is 1. The third-order valence-electron chi connectivity index (χ3n) is 4.09. The number of amides is 1. The first kappa shape index (κ1) is 20.3. The smallest absolute Gasteiger partial charge is 0.261 e. The van der Waals surface area contributed by atoms with Crippen molar-refractivity contribution in [3.05, 3.63) is 89.7 Å². The summed E-state index contributed by atoms with van der Waals surface area (Å²) in [4.78, 5) is 12.4. The number of nitrogens with one attached hydrogen (secondary N) is 2. The molecule has 150 valence electrons. The largest absolute Gasteiger partial charge is 0.497 e. The zero-order valence-corrected chi connectivity index (χ0v) is 16.4. The summed E-state index contributed by atoms with van der Waals surface area (Å²) in [6.07, 6.45) is 0. The van der Waals surface area contributed by atoms with Gasteiger partial charge in [-0.05, 0) is 60.2 Å². The first-order chi connectivity index (χ1) is 13.9. The molecule has 6 nitrogen and oxygen atoms in total. The highest BCUT2D eigenvalue weighted by molar-refractivity contribution is 7.92. The lowest BCUT2D eigenvalue weighted by molar-refractivity contribution is 0.0950. The second-order valence-corrected chi connectivity index (χ2v) is 7.86. The van der Waals surface area contributed by atoms with E-state index < -0.39 is 21.7 Å². The second-order valence-electron chi connectivity index (χ2n) is 6.17. The first-order valence-electron chi connectivity index (χ1n) is 8.67. The summed E-state index contributed by atoms with van der Waals surface area (Å²) in [5.41, 5.74) is 1.27. The third-order valence-corrected chi connectivity index (χ3v) is 5.47. The Balaban J connectivity index is 1.72. The number of hydrogen-bond donors (Lipinski definition) is 2. The molecule has 0 heterocycles. The van der Waals surface area contributed by atoms with Crippen molar-refractivity contribution in [2.24, 2.45) is 0 Å². The Bertz CT molecular complexity index is 1120. The predicted molar refractivity (Wildman–Crippen MR) is 108 cm³/mol. The van der Waals surface area contributed by atoms with Crippen LogP contribution < -0.4 is 14.8 Å². The van der Waals surface area contributed by atoms with Crippen LogP contribution in [0.25, 0.3) is 0 Å². The van der Waals surface area contributed by atoms with Crippen LogP contribution in [0.4, 0.5) is 10.1 Å².